The van der Waals surface area contributed by atoms with Gasteiger partial charge in [0.25, 0.3) is 0 Å². The van der Waals surface area contributed by atoms with Crippen LogP contribution >= 0.6 is 0 Å². The van der Waals surface area contributed by atoms with Crippen LogP contribution in [0.2, 0.25) is 0 Å². The molecule has 0 aliphatic carbocycles. The van der Waals surface area contributed by atoms with Gasteiger partial charge in [-0.2, -0.15) is 0 Å². The third-order valence-electron chi connectivity index (χ3n) is 21.1. The minimum absolute atomic E-state index is 0.0139. The summed E-state index contributed by atoms with van der Waals surface area (Å²) in [7, 11) is 4.62. The van der Waals surface area contributed by atoms with Crippen molar-refractivity contribution in [2.24, 2.45) is 0 Å². The topological polar surface area (TPSA) is 127 Å². The van der Waals surface area contributed by atoms with Gasteiger partial charge in [-0.25, -0.2) is 0 Å². The molecule has 101 heavy (non-hydrogen) atoms. The Kier molecular flexibility index (Phi) is 29.0. The molecule has 2 heterocycles. The lowest BCUT2D eigenvalue weighted by atomic mass is 9.93. The molecule has 0 aliphatic heterocycles. The average molecular weight is 1360 g/mol. The number of unbranched alkanes of at least 4 members (excludes halogenated alkanes) is 28. The highest BCUT2D eigenvalue weighted by atomic mass is 16.3. The quantitative estimate of drug-likeness (QED) is 0.0148. The summed E-state index contributed by atoms with van der Waals surface area (Å²) in [4.78, 5) is 0. The fourth-order valence-corrected chi connectivity index (χ4v) is 15.2. The molecule has 5 N–H and O–H groups in total. The molecule has 2 radical (unpaired) electrons. The number of aromatic hydroxyl groups is 4. The van der Waals surface area contributed by atoms with Crippen molar-refractivity contribution < 1.29 is 34.4 Å². The Hall–Kier alpha value is -7.94. The second-order valence-electron chi connectivity index (χ2n) is 29.2. The minimum atomic E-state index is -0.0843. The predicted molar refractivity (Wildman–Crippen MR) is 433 cm³/mol. The summed E-state index contributed by atoms with van der Waals surface area (Å²) < 4.78 is 18.9. The number of benzene rings is 10. The van der Waals surface area contributed by atoms with Crippen LogP contribution in [0.3, 0.4) is 0 Å². The maximum absolute atomic E-state index is 11.2. The molecule has 0 atom stereocenters. The van der Waals surface area contributed by atoms with Crippen LogP contribution in [0.5, 0.6) is 23.0 Å². The molecule has 7 nitrogen and oxygen atoms in total. The number of phenols is 4. The van der Waals surface area contributed by atoms with Crippen molar-refractivity contribution >= 4 is 94.8 Å². The lowest BCUT2D eigenvalue weighted by molar-refractivity contribution is 0.369. The van der Waals surface area contributed by atoms with Crippen molar-refractivity contribution in [3.63, 3.8) is 0 Å². The van der Waals surface area contributed by atoms with Crippen LogP contribution in [0.1, 0.15) is 255 Å². The van der Waals surface area contributed by atoms with E-state index in [1.54, 1.807) is 12.1 Å². The van der Waals surface area contributed by atoms with Crippen molar-refractivity contribution in [1.29, 1.82) is 1.43 Å². The summed E-state index contributed by atoms with van der Waals surface area (Å²) in [5.41, 5.74) is 10.7. The molecule has 12 rings (SSSR count). The molecular weight excluding hydrogens is 1240 g/mol. The standard InChI is InChI=1S/C46H58O4.C46H54O2.CH3BO/c1-3-5-7-9-11-13-15-17-19-33-21-23-35-27-39(43(47)29-37(35)25-33)41-31-46(50)42(32-45(41)49)40-28-36-24-22-34(26-38(36)30-44(40)48)20-18-16-14-12-10-8-6-4-2;1-3-5-7-9-11-13-15-17-19-33-21-23-35-27-39-41-31-46-42(32-45(41)47-43(39)29-37(35)25-33)40-28-36-24-22-34(26-38(36)30-44(40)48-46)20-18-16-14-12-10-8-6-4-2;2-1-3/h21-32,47-50H,3-20H2,1-2H3;21-32H,3-20H2,1-2H3;3H,1H2/i;;3D. The van der Waals surface area contributed by atoms with E-state index in [1.165, 1.54) is 249 Å². The van der Waals surface area contributed by atoms with Gasteiger partial charge in [-0.1, -0.05) is 280 Å². The zero-order chi connectivity index (χ0) is 71.4. The third kappa shape index (κ3) is 21.1. The summed E-state index contributed by atoms with van der Waals surface area (Å²) in [5, 5.41) is 61.5. The molecular formula is C93H115BO7. The van der Waals surface area contributed by atoms with Crippen LogP contribution in [0, 0.1) is 0 Å². The Bertz CT molecular complexity index is 4310. The van der Waals surface area contributed by atoms with Gasteiger partial charge in [0, 0.05) is 50.3 Å². The van der Waals surface area contributed by atoms with Crippen LogP contribution in [0.15, 0.2) is 154 Å². The zero-order valence-electron chi connectivity index (χ0n) is 62.6. The summed E-state index contributed by atoms with van der Waals surface area (Å²) in [6.45, 7) is 9.06. The molecule has 0 saturated heterocycles. The number of aliphatic hydroxyl groups is 1. The van der Waals surface area contributed by atoms with Crippen molar-refractivity contribution in [3.8, 4) is 45.3 Å². The molecule has 532 valence electrons. The van der Waals surface area contributed by atoms with Crippen LogP contribution < -0.4 is 0 Å². The number of aliphatic hydroxyl groups excluding tert-OH is 1. The number of rotatable bonds is 39. The maximum atomic E-state index is 11.2. The monoisotopic (exact) mass is 1360 g/mol. The lowest BCUT2D eigenvalue weighted by Crippen LogP contribution is -1.90. The van der Waals surface area contributed by atoms with Gasteiger partial charge in [0.05, 0.1) is 0 Å². The molecule has 0 amide bonds. The smallest absolute Gasteiger partial charge is 0.209 e. The summed E-state index contributed by atoms with van der Waals surface area (Å²) in [6.07, 6.45) is 46.7. The normalized spacial score (nSPS) is 11.8. The molecule has 12 aromatic rings. The van der Waals surface area contributed by atoms with E-state index in [4.69, 9.17) is 10.3 Å². The van der Waals surface area contributed by atoms with E-state index in [2.05, 4.69) is 150 Å². The Morgan fingerprint density at radius 1 is 0.257 bits per heavy atom. The van der Waals surface area contributed by atoms with Crippen molar-refractivity contribution in [3.05, 3.63) is 168 Å². The number of hydrogen-bond donors (Lipinski definition) is 5. The van der Waals surface area contributed by atoms with Crippen molar-refractivity contribution in [2.45, 2.75) is 259 Å². The van der Waals surface area contributed by atoms with Gasteiger partial charge < -0.3 is 34.4 Å². The molecule has 2 aromatic heterocycles. The van der Waals surface area contributed by atoms with E-state index < -0.39 is 0 Å². The second kappa shape index (κ2) is 39.5. The van der Waals surface area contributed by atoms with E-state index in [-0.39, 0.29) is 29.5 Å². The maximum Gasteiger partial charge on any atom is 0.209 e. The Morgan fingerprint density at radius 2 is 0.485 bits per heavy atom. The first-order valence-electron chi connectivity index (χ1n) is 39.9. The number of furan rings is 2. The number of hydrogen-bond acceptors (Lipinski definition) is 7. The van der Waals surface area contributed by atoms with E-state index in [0.29, 0.717) is 22.3 Å². The highest BCUT2D eigenvalue weighted by Gasteiger charge is 2.20. The molecule has 0 bridgehead atoms. The summed E-state index contributed by atoms with van der Waals surface area (Å²) in [6, 6.07) is 50.3. The van der Waals surface area contributed by atoms with Gasteiger partial charge in [0.15, 0.2) is 0 Å². The molecule has 0 fully saturated rings. The van der Waals surface area contributed by atoms with Gasteiger partial charge in [0.1, 0.15) is 53.2 Å². The van der Waals surface area contributed by atoms with Crippen molar-refractivity contribution in [2.75, 3.05) is 6.51 Å². The average Bonchev–Trinajstić information content (AvgIpc) is 1.57. The fourth-order valence-electron chi connectivity index (χ4n) is 15.2. The zero-order valence-corrected chi connectivity index (χ0v) is 61.6. The summed E-state index contributed by atoms with van der Waals surface area (Å²) >= 11 is 0. The van der Waals surface area contributed by atoms with E-state index in [0.717, 1.165) is 104 Å². The third-order valence-corrected chi connectivity index (χ3v) is 21.1. The van der Waals surface area contributed by atoms with E-state index >= 15 is 0 Å². The largest absolute Gasteiger partial charge is 0.507 e. The van der Waals surface area contributed by atoms with Gasteiger partial charge in [0.2, 0.25) is 1.43 Å². The predicted octanol–water partition coefficient (Wildman–Crippen LogP) is 27.8. The number of phenolic OH excluding ortho intramolecular Hbond substituents is 4. The first kappa shape index (κ1) is 74.3. The van der Waals surface area contributed by atoms with Crippen molar-refractivity contribution in [1.82, 2.24) is 0 Å². The fraction of sp³-hybridized carbons (Fsp3) is 0.441. The molecule has 10 aromatic carbocycles. The second-order valence-corrected chi connectivity index (χ2v) is 29.2. The lowest BCUT2D eigenvalue weighted by Gasteiger charge is -2.15. The molecule has 0 saturated carbocycles. The highest BCUT2D eigenvalue weighted by molar-refractivity contribution is 6.18. The molecule has 0 unspecified atom stereocenters. The SMILES string of the molecule is CCCCCCCCCCc1ccc2cc(-c3cc(O)c(-c4cc5ccc(CCCCCCCCCC)cc5cc4O)cc3O)c(O)cc2c1.CCCCCCCCCCc1ccc2cc3c(cc2c1)oc1cc2c(cc13)oc1cc3cc(CCCCCCCCCC)ccc3cc12.[2H]OC[B]. The first-order chi connectivity index (χ1) is 50.0. The molecule has 0 aliphatic rings. The molecule has 8 heteroatoms. The highest BCUT2D eigenvalue weighted by Crippen LogP contribution is 2.47. The van der Waals surface area contributed by atoms with Crippen LogP contribution in [-0.2, 0) is 25.7 Å². The van der Waals surface area contributed by atoms with Gasteiger partial charge >= 0.3 is 0 Å². The van der Waals surface area contributed by atoms with Crippen LogP contribution in [0.4, 0.5) is 0 Å². The summed E-state index contributed by atoms with van der Waals surface area (Å²) in [5.74, 6) is -0.0843. The van der Waals surface area contributed by atoms with Crippen LogP contribution in [0.25, 0.3) is 109 Å². The number of aryl methyl sites for hydroxylation is 4. The van der Waals surface area contributed by atoms with Gasteiger partial charge in [-0.05, 0) is 190 Å². The minimum Gasteiger partial charge on any atom is -0.507 e. The molecule has 0 spiro atoms. The Morgan fingerprint density at radius 3 is 0.772 bits per heavy atom. The van der Waals surface area contributed by atoms with Crippen LogP contribution in [-0.4, -0.2) is 41.3 Å². The Balaban J connectivity index is 0.000000209. The van der Waals surface area contributed by atoms with Gasteiger partial charge in [-0.3, -0.25) is 0 Å². The Labute approximate surface area is 605 Å². The van der Waals surface area contributed by atoms with E-state index in [1.807, 2.05) is 12.1 Å². The number of fused-ring (bicyclic) bond motifs is 10. The first-order valence-corrected chi connectivity index (χ1v) is 39.5. The van der Waals surface area contributed by atoms with E-state index in [9.17, 15) is 20.4 Å². The van der Waals surface area contributed by atoms with Gasteiger partial charge in [-0.15, -0.1) is 0 Å².